The van der Waals surface area contributed by atoms with Gasteiger partial charge in [0.25, 0.3) is 0 Å². The monoisotopic (exact) mass is 1300 g/mol. The van der Waals surface area contributed by atoms with E-state index >= 15 is 0 Å². The minimum Gasteiger partial charge on any atom is -1.00 e. The number of benzene rings is 2. The Morgan fingerprint density at radius 3 is 1.43 bits per heavy atom. The van der Waals surface area contributed by atoms with Crippen molar-refractivity contribution in [2.75, 3.05) is 32.8 Å². The van der Waals surface area contributed by atoms with E-state index in [-0.39, 0.29) is 76.6 Å². The molecule has 26 heteroatoms. The molecule has 2 aromatic rings. The number of carbonyl (C=O) groups excluding carboxylic acids is 9. The van der Waals surface area contributed by atoms with Gasteiger partial charge in [0, 0.05) is 50.9 Å². The summed E-state index contributed by atoms with van der Waals surface area (Å²) in [6, 6.07) is 11.8. The van der Waals surface area contributed by atoms with Gasteiger partial charge in [0.1, 0.15) is 58.7 Å². The van der Waals surface area contributed by atoms with Crippen LogP contribution in [0.15, 0.2) is 72.8 Å². The molecular formula is C68H95LiN8O17. The van der Waals surface area contributed by atoms with E-state index in [1.54, 1.807) is 58.3 Å². The molecule has 0 spiro atoms. The molecule has 6 aliphatic heterocycles. The molecule has 4 fully saturated rings. The van der Waals surface area contributed by atoms with Crippen LogP contribution >= 0.6 is 0 Å². The molecule has 10 atom stereocenters. The van der Waals surface area contributed by atoms with Crippen LogP contribution in [0.1, 0.15) is 162 Å². The number of ether oxygens (including phenoxy) is 5. The molecule has 0 aromatic heterocycles. The van der Waals surface area contributed by atoms with E-state index in [9.17, 15) is 53.1 Å². The summed E-state index contributed by atoms with van der Waals surface area (Å²) in [5.74, 6) is -4.35. The van der Waals surface area contributed by atoms with Crippen molar-refractivity contribution >= 4 is 59.9 Å². The minimum absolute atomic E-state index is 0. The van der Waals surface area contributed by atoms with Crippen LogP contribution in [0, 0.1) is 11.8 Å². The molecule has 2 saturated heterocycles. The van der Waals surface area contributed by atoms with Gasteiger partial charge in [-0.15, -0.1) is 0 Å². The second kappa shape index (κ2) is 31.7. The zero-order chi connectivity index (χ0) is 66.1. The molecule has 2 aliphatic carbocycles. The van der Waals surface area contributed by atoms with Gasteiger partial charge in [-0.3, -0.25) is 19.2 Å². The van der Waals surface area contributed by atoms with Gasteiger partial charge in [-0.1, -0.05) is 98.5 Å². The quantitative estimate of drug-likeness (QED) is 0.114. The van der Waals surface area contributed by atoms with Crippen molar-refractivity contribution < 1.29 is 102 Å². The van der Waals surface area contributed by atoms with Crippen molar-refractivity contribution in [3.8, 4) is 0 Å². The molecule has 2 saturated carbocycles. The number of hydrogen-bond donors (Lipinski definition) is 5. The van der Waals surface area contributed by atoms with Crippen LogP contribution < -0.4 is 40.1 Å². The smallest absolute Gasteiger partial charge is 1.00 e. The second-order valence-electron chi connectivity index (χ2n) is 27.5. The maximum Gasteiger partial charge on any atom is 1.00 e. The summed E-state index contributed by atoms with van der Waals surface area (Å²) in [4.78, 5) is 140. The van der Waals surface area contributed by atoms with Gasteiger partial charge in [-0.2, -0.15) is 0 Å². The van der Waals surface area contributed by atoms with Crippen LogP contribution in [0.5, 0.6) is 0 Å². The van der Waals surface area contributed by atoms with E-state index in [0.717, 1.165) is 49.7 Å². The van der Waals surface area contributed by atoms with Crippen molar-refractivity contribution in [1.82, 2.24) is 40.9 Å². The van der Waals surface area contributed by atoms with E-state index in [0.29, 0.717) is 71.1 Å². The fraction of sp³-hybridized carbons (Fsp3) is 0.618. The maximum atomic E-state index is 14.2. The van der Waals surface area contributed by atoms with Gasteiger partial charge < -0.3 is 76.6 Å². The van der Waals surface area contributed by atoms with Gasteiger partial charge in [0.2, 0.25) is 23.6 Å². The summed E-state index contributed by atoms with van der Waals surface area (Å²) >= 11 is 0. The third-order valence-corrected chi connectivity index (χ3v) is 18.2. The van der Waals surface area contributed by atoms with Gasteiger partial charge in [-0.05, 0) is 135 Å². The summed E-state index contributed by atoms with van der Waals surface area (Å²) in [7, 11) is 0. The van der Waals surface area contributed by atoms with Crippen molar-refractivity contribution in [2.45, 2.75) is 223 Å². The number of alkyl carbamates (subject to hydrolysis) is 2. The minimum atomic E-state index is -1.45. The number of fused-ring (bicyclic) bond motifs is 6. The summed E-state index contributed by atoms with van der Waals surface area (Å²) in [6.07, 6.45) is 12.6. The van der Waals surface area contributed by atoms with E-state index in [1.165, 1.54) is 20.9 Å². The molecule has 94 heavy (non-hydrogen) atoms. The molecule has 10 rings (SSSR count). The molecule has 0 radical (unpaired) electrons. The van der Waals surface area contributed by atoms with Crippen LogP contribution in [-0.2, 0) is 78.4 Å². The first-order valence-electron chi connectivity index (χ1n) is 32.8. The number of amides is 8. The number of carboxylic acids is 1. The number of carboxylic acid groups (broad SMARTS) is 1. The Bertz CT molecular complexity index is 3180. The number of allylic oxidation sites excluding steroid dienone is 2. The van der Waals surface area contributed by atoms with Crippen LogP contribution in [0.4, 0.5) is 19.2 Å². The molecule has 7 N–H and O–H groups in total. The molecule has 8 amide bonds. The third kappa shape index (κ3) is 18.6. The average Bonchev–Trinajstić information content (AvgIpc) is 1.59. The number of rotatable bonds is 7. The van der Waals surface area contributed by atoms with Gasteiger partial charge in [0.05, 0.1) is 19.7 Å². The molecule has 6 heterocycles. The molecule has 8 aliphatic rings. The third-order valence-electron chi connectivity index (χ3n) is 18.2. The number of nitrogens with one attached hydrogen (secondary N) is 4. The van der Waals surface area contributed by atoms with Crippen molar-refractivity contribution in [2.24, 2.45) is 11.8 Å². The first-order valence-corrected chi connectivity index (χ1v) is 32.8. The Kier molecular flexibility index (Phi) is 24.9. The Morgan fingerprint density at radius 1 is 0.606 bits per heavy atom. The van der Waals surface area contributed by atoms with E-state index < -0.39 is 119 Å². The Balaban J connectivity index is 0.000000292. The number of carbonyl (C=O) groups is 10. The van der Waals surface area contributed by atoms with Crippen LogP contribution in [0.3, 0.4) is 0 Å². The number of aliphatic carboxylic acids is 1. The molecule has 2 aromatic carbocycles. The van der Waals surface area contributed by atoms with E-state index in [2.05, 4.69) is 27.3 Å². The number of esters is 1. The topological polar surface area (TPSA) is 330 Å². The van der Waals surface area contributed by atoms with Gasteiger partial charge >= 0.3 is 55.2 Å². The summed E-state index contributed by atoms with van der Waals surface area (Å²) in [5.41, 5.74) is 0.240. The first-order chi connectivity index (χ1) is 43.8. The predicted molar refractivity (Wildman–Crippen MR) is 340 cm³/mol. The molecule has 510 valence electrons. The standard InChI is InChI=1S/C35H48N4O8.C33H44N4O8.Li.H2O.H/c1-5-45-31(42)35-20-25(35)15-9-7-6-8-10-16-27(36-32(43)47-34(2,3)4)30(41)39-22-26(19-28(39)29(40)37-35)46-33(44)38-18-17-23-13-11-12-14-24(23)21-38;1-32(2,3)45-30(42)34-25-14-8-6-4-5-7-13-23-18-33(23,29(40)41)35-27(38)26-17-24(20-37(26)28(25)39)44-31(43)36-16-15-21-11-9-10-12-22(21)19-36;;;/h9,11-15,25-28H,5-8,10,16-22H2,1-4H3,(H,36,43)(H,37,40);7,9-13,23-26H,4-6,8,14-20H2,1-3H3,(H,34,42)(H,35,38)(H,40,41);;1H2;/q;;+1;;-1/b15-9-;13-7-;;;/t25-,26-,27+,28+,35-;23-,24-,25+,26+,33-;;;/m11.../s1. The SMILES string of the molecule is CC(C)(C)OC(=O)N[C@H]1CCCCC/C=C\[C@@H]2C[C@@]2(C(=O)O)NC(=O)[C@@H]2C[C@@H](OC(=O)N3CCc4ccccc4C3)CN2C1=O.CCOC(=O)[C@@]12C[C@H]1/C=C\CCCCC[C@H](NC(=O)OC(C)(C)C)C(=O)N1C[C@H](OC(=O)N3CCc4ccccc4C3)C[C@H]1C(=O)N2.O.[H-].[Li+]. The Morgan fingerprint density at radius 2 is 1.01 bits per heavy atom. The van der Waals surface area contributed by atoms with E-state index in [4.69, 9.17) is 23.7 Å². The van der Waals surface area contributed by atoms with E-state index in [1.807, 2.05) is 66.8 Å². The van der Waals surface area contributed by atoms with Crippen LogP contribution in [0.2, 0.25) is 0 Å². The second-order valence-corrected chi connectivity index (χ2v) is 27.5. The number of nitrogens with zero attached hydrogens (tertiary/aromatic N) is 4. The summed E-state index contributed by atoms with van der Waals surface area (Å²) < 4.78 is 28.0. The van der Waals surface area contributed by atoms with Gasteiger partial charge in [0.15, 0.2) is 0 Å². The fourth-order valence-corrected chi connectivity index (χ4v) is 13.2. The molecule has 0 bridgehead atoms. The summed E-state index contributed by atoms with van der Waals surface area (Å²) in [6.45, 7) is 14.0. The average molecular weight is 1300 g/mol. The maximum absolute atomic E-state index is 14.2. The molecular weight excluding hydrogens is 1210 g/mol. The van der Waals surface area contributed by atoms with Crippen molar-refractivity contribution in [3.63, 3.8) is 0 Å². The zero-order valence-corrected chi connectivity index (χ0v) is 55.7. The normalized spacial score (nSPS) is 28.5. The summed E-state index contributed by atoms with van der Waals surface area (Å²) in [5, 5.41) is 21.1. The fourth-order valence-electron chi connectivity index (χ4n) is 13.2. The molecule has 25 nitrogen and oxygen atoms in total. The largest absolute Gasteiger partial charge is 1.00 e. The first kappa shape index (κ1) is 73.8. The van der Waals surface area contributed by atoms with Crippen LogP contribution in [-0.4, -0.2) is 182 Å². The Hall–Kier alpha value is -7.62. The van der Waals surface area contributed by atoms with Crippen molar-refractivity contribution in [1.29, 1.82) is 0 Å². The zero-order valence-electron chi connectivity index (χ0n) is 56.7. The van der Waals surface area contributed by atoms with Crippen LogP contribution in [0.25, 0.3) is 0 Å². The number of hydrogen-bond acceptors (Lipinski definition) is 15. The van der Waals surface area contributed by atoms with Gasteiger partial charge in [-0.25, -0.2) is 28.8 Å². The molecule has 0 unspecified atom stereocenters. The Labute approximate surface area is 563 Å². The predicted octanol–water partition coefficient (Wildman–Crippen LogP) is 3.82. The van der Waals surface area contributed by atoms with Crippen molar-refractivity contribution in [3.05, 3.63) is 95.1 Å².